The number of carbonyl (C=O) groups excluding carboxylic acids is 1. The van der Waals surface area contributed by atoms with Gasteiger partial charge in [0.05, 0.1) is 12.2 Å². The Labute approximate surface area is 147 Å². The van der Waals surface area contributed by atoms with Crippen LogP contribution in [-0.4, -0.2) is 37.8 Å². The topological polar surface area (TPSA) is 99.9 Å². The number of H-pyrrole nitrogens is 1. The molecule has 8 heteroatoms. The van der Waals surface area contributed by atoms with Gasteiger partial charge in [0.25, 0.3) is 0 Å². The molecule has 1 aliphatic heterocycles. The van der Waals surface area contributed by atoms with Crippen LogP contribution in [0.1, 0.15) is 76.3 Å². The van der Waals surface area contributed by atoms with Gasteiger partial charge in [0.15, 0.2) is 5.82 Å². The Morgan fingerprint density at radius 2 is 2.24 bits per heavy atom. The van der Waals surface area contributed by atoms with E-state index in [0.29, 0.717) is 11.7 Å². The molecule has 0 bridgehead atoms. The summed E-state index contributed by atoms with van der Waals surface area (Å²) in [4.78, 5) is 19.1. The van der Waals surface area contributed by atoms with Gasteiger partial charge in [-0.3, -0.25) is 5.10 Å². The third-order valence-electron chi connectivity index (χ3n) is 4.49. The average Bonchev–Trinajstić information content (AvgIpc) is 3.26. The van der Waals surface area contributed by atoms with E-state index in [9.17, 15) is 4.79 Å². The molecule has 2 N–H and O–H groups in total. The van der Waals surface area contributed by atoms with Crippen molar-refractivity contribution in [2.75, 3.05) is 6.54 Å². The van der Waals surface area contributed by atoms with Crippen molar-refractivity contribution in [1.29, 1.82) is 0 Å². The number of likely N-dealkylation sites (tertiary alicyclic amines) is 1. The monoisotopic (exact) mass is 346 g/mol. The minimum atomic E-state index is -0.344. The summed E-state index contributed by atoms with van der Waals surface area (Å²) in [6.45, 7) is 8.65. The second-order valence-electron chi connectivity index (χ2n) is 7.61. The van der Waals surface area contributed by atoms with Crippen LogP contribution in [0.15, 0.2) is 16.9 Å². The SMILES string of the molecule is C[C@H](NC(=O)N1CCCC[C@@H]1c1cn[nH]c1)c1nc(C(C)(C)C)no1. The van der Waals surface area contributed by atoms with Crippen LogP contribution in [0.25, 0.3) is 0 Å². The first kappa shape index (κ1) is 17.4. The van der Waals surface area contributed by atoms with Crippen LogP contribution in [0.2, 0.25) is 0 Å². The van der Waals surface area contributed by atoms with Gasteiger partial charge in [-0.1, -0.05) is 25.9 Å². The second kappa shape index (κ2) is 6.85. The number of carbonyl (C=O) groups is 1. The number of aromatic amines is 1. The number of aromatic nitrogens is 4. The summed E-state index contributed by atoms with van der Waals surface area (Å²) in [5, 5.41) is 13.8. The smallest absolute Gasteiger partial charge is 0.318 e. The fourth-order valence-electron chi connectivity index (χ4n) is 3.01. The predicted octanol–water partition coefficient (Wildman–Crippen LogP) is 3.09. The lowest BCUT2D eigenvalue weighted by atomic mass is 9.96. The molecule has 0 saturated carbocycles. The zero-order chi connectivity index (χ0) is 18.0. The summed E-state index contributed by atoms with van der Waals surface area (Å²) in [7, 11) is 0. The first-order valence-corrected chi connectivity index (χ1v) is 8.76. The molecule has 1 aliphatic rings. The summed E-state index contributed by atoms with van der Waals surface area (Å²) in [5.74, 6) is 1.06. The lowest BCUT2D eigenvalue weighted by Gasteiger charge is -2.35. The Kier molecular flexibility index (Phi) is 4.78. The van der Waals surface area contributed by atoms with Gasteiger partial charge in [-0.05, 0) is 26.2 Å². The van der Waals surface area contributed by atoms with E-state index in [4.69, 9.17) is 4.52 Å². The molecule has 8 nitrogen and oxygen atoms in total. The average molecular weight is 346 g/mol. The summed E-state index contributed by atoms with van der Waals surface area (Å²) in [5.41, 5.74) is 0.848. The molecule has 0 unspecified atom stereocenters. The minimum Gasteiger partial charge on any atom is -0.337 e. The zero-order valence-corrected chi connectivity index (χ0v) is 15.2. The van der Waals surface area contributed by atoms with E-state index in [1.54, 1.807) is 6.20 Å². The molecule has 1 fully saturated rings. The molecule has 3 rings (SSSR count). The quantitative estimate of drug-likeness (QED) is 0.889. The highest BCUT2D eigenvalue weighted by Crippen LogP contribution is 2.30. The van der Waals surface area contributed by atoms with Crippen molar-refractivity contribution in [3.05, 3.63) is 29.7 Å². The molecule has 3 heterocycles. The van der Waals surface area contributed by atoms with E-state index in [1.165, 1.54) is 0 Å². The molecule has 2 atom stereocenters. The van der Waals surface area contributed by atoms with Crippen LogP contribution >= 0.6 is 0 Å². The number of nitrogens with one attached hydrogen (secondary N) is 2. The van der Waals surface area contributed by atoms with Gasteiger partial charge in [0.2, 0.25) is 5.89 Å². The molecule has 2 aromatic rings. The lowest BCUT2D eigenvalue weighted by Crippen LogP contribution is -2.45. The number of urea groups is 1. The molecule has 0 radical (unpaired) electrons. The van der Waals surface area contributed by atoms with E-state index >= 15 is 0 Å². The van der Waals surface area contributed by atoms with E-state index in [0.717, 1.165) is 31.4 Å². The van der Waals surface area contributed by atoms with Gasteiger partial charge in [0.1, 0.15) is 6.04 Å². The van der Waals surface area contributed by atoms with Gasteiger partial charge < -0.3 is 14.7 Å². The zero-order valence-electron chi connectivity index (χ0n) is 15.2. The fourth-order valence-corrected chi connectivity index (χ4v) is 3.01. The van der Waals surface area contributed by atoms with Crippen LogP contribution in [0.5, 0.6) is 0 Å². The van der Waals surface area contributed by atoms with Gasteiger partial charge in [0, 0.05) is 23.7 Å². The van der Waals surface area contributed by atoms with Crippen molar-refractivity contribution in [2.45, 2.75) is 64.5 Å². The Hall–Kier alpha value is -2.38. The van der Waals surface area contributed by atoms with Crippen LogP contribution < -0.4 is 5.32 Å². The molecule has 136 valence electrons. The highest BCUT2D eigenvalue weighted by molar-refractivity contribution is 5.75. The van der Waals surface area contributed by atoms with Crippen LogP contribution in [0, 0.1) is 0 Å². The highest BCUT2D eigenvalue weighted by Gasteiger charge is 2.30. The van der Waals surface area contributed by atoms with E-state index in [-0.39, 0.29) is 23.5 Å². The summed E-state index contributed by atoms with van der Waals surface area (Å²) >= 11 is 0. The third-order valence-corrected chi connectivity index (χ3v) is 4.49. The fraction of sp³-hybridized carbons (Fsp3) is 0.647. The van der Waals surface area contributed by atoms with Crippen LogP contribution in [0.3, 0.4) is 0 Å². The molecule has 2 amide bonds. The highest BCUT2D eigenvalue weighted by atomic mass is 16.5. The lowest BCUT2D eigenvalue weighted by molar-refractivity contribution is 0.147. The predicted molar refractivity (Wildman–Crippen MR) is 91.8 cm³/mol. The van der Waals surface area contributed by atoms with Gasteiger partial charge in [-0.2, -0.15) is 10.1 Å². The maximum Gasteiger partial charge on any atom is 0.318 e. The Balaban J connectivity index is 1.69. The largest absolute Gasteiger partial charge is 0.337 e. The van der Waals surface area contributed by atoms with E-state index in [1.807, 2.05) is 38.8 Å². The Bertz CT molecular complexity index is 703. The molecule has 0 aromatic carbocycles. The molecular formula is C17H26N6O2. The van der Waals surface area contributed by atoms with Crippen molar-refractivity contribution in [3.8, 4) is 0 Å². The normalized spacial score (nSPS) is 19.7. The Morgan fingerprint density at radius 3 is 2.88 bits per heavy atom. The molecule has 0 aliphatic carbocycles. The number of hydrogen-bond acceptors (Lipinski definition) is 5. The number of hydrogen-bond donors (Lipinski definition) is 2. The van der Waals surface area contributed by atoms with Crippen molar-refractivity contribution in [2.24, 2.45) is 0 Å². The molecule has 25 heavy (non-hydrogen) atoms. The van der Waals surface area contributed by atoms with Gasteiger partial charge in [-0.15, -0.1) is 0 Å². The summed E-state index contributed by atoms with van der Waals surface area (Å²) in [6.07, 6.45) is 6.69. The number of nitrogens with zero attached hydrogens (tertiary/aromatic N) is 4. The minimum absolute atomic E-state index is 0.0486. The van der Waals surface area contributed by atoms with E-state index in [2.05, 4.69) is 25.7 Å². The maximum absolute atomic E-state index is 12.8. The second-order valence-corrected chi connectivity index (χ2v) is 7.61. The first-order valence-electron chi connectivity index (χ1n) is 8.76. The van der Waals surface area contributed by atoms with Gasteiger partial charge >= 0.3 is 6.03 Å². The molecular weight excluding hydrogens is 320 g/mol. The van der Waals surface area contributed by atoms with Crippen molar-refractivity contribution in [1.82, 2.24) is 30.6 Å². The van der Waals surface area contributed by atoms with Crippen molar-refractivity contribution < 1.29 is 9.32 Å². The summed E-state index contributed by atoms with van der Waals surface area (Å²) < 4.78 is 5.33. The van der Waals surface area contributed by atoms with E-state index < -0.39 is 0 Å². The van der Waals surface area contributed by atoms with Crippen molar-refractivity contribution in [3.63, 3.8) is 0 Å². The molecule has 0 spiro atoms. The summed E-state index contributed by atoms with van der Waals surface area (Å²) in [6, 6.07) is -0.413. The number of rotatable bonds is 3. The Morgan fingerprint density at radius 1 is 1.44 bits per heavy atom. The van der Waals surface area contributed by atoms with Gasteiger partial charge in [-0.25, -0.2) is 4.79 Å². The maximum atomic E-state index is 12.8. The standard InChI is InChI=1S/C17H26N6O2/c1-11(14-21-15(22-25-14)17(2,3)4)20-16(24)23-8-6-5-7-13(23)12-9-18-19-10-12/h9-11,13H,5-8H2,1-4H3,(H,18,19)(H,20,24)/t11-,13+/m0/s1. The van der Waals surface area contributed by atoms with Crippen molar-refractivity contribution >= 4 is 6.03 Å². The number of piperidine rings is 1. The van der Waals surface area contributed by atoms with Crippen LogP contribution in [0.4, 0.5) is 4.79 Å². The van der Waals surface area contributed by atoms with Crippen LogP contribution in [-0.2, 0) is 5.41 Å². The number of amides is 2. The first-order chi connectivity index (χ1) is 11.9. The third kappa shape index (κ3) is 3.83. The molecule has 1 saturated heterocycles. The molecule has 2 aromatic heterocycles.